The predicted molar refractivity (Wildman–Crippen MR) is 120 cm³/mol. The Morgan fingerprint density at radius 3 is 2.79 bits per heavy atom. The second-order valence-corrected chi connectivity index (χ2v) is 9.40. The number of fused-ring (bicyclic) bond motifs is 1. The monoisotopic (exact) mass is 469 g/mol. The number of carbonyl (C=O) groups excluding carboxylic acids is 4. The van der Waals surface area contributed by atoms with Gasteiger partial charge in [-0.05, 0) is 57.4 Å². The number of amides is 3. The lowest BCUT2D eigenvalue weighted by Crippen LogP contribution is -2.51. The number of rotatable bonds is 7. The molecule has 3 aliphatic rings. The summed E-state index contributed by atoms with van der Waals surface area (Å²) >= 11 is 0. The Balaban J connectivity index is 1.52. The number of aromatic nitrogens is 1. The molecule has 10 heteroatoms. The summed E-state index contributed by atoms with van der Waals surface area (Å²) in [5, 5.41) is 15.2. The molecule has 2 saturated heterocycles. The fourth-order valence-corrected chi connectivity index (χ4v) is 5.65. The van der Waals surface area contributed by atoms with Gasteiger partial charge in [-0.3, -0.25) is 14.4 Å². The van der Waals surface area contributed by atoms with E-state index in [1.807, 2.05) is 0 Å². The van der Waals surface area contributed by atoms with Gasteiger partial charge in [-0.2, -0.15) is 5.26 Å². The molecule has 4 rings (SSSR count). The number of carbonyl (C=O) groups is 4. The van der Waals surface area contributed by atoms with Crippen molar-refractivity contribution in [1.29, 1.82) is 5.26 Å². The molecule has 182 valence electrons. The molecule has 1 aromatic heterocycles. The van der Waals surface area contributed by atoms with Gasteiger partial charge < -0.3 is 25.3 Å². The second-order valence-electron chi connectivity index (χ2n) is 9.40. The molecule has 3 heterocycles. The average molecular weight is 470 g/mol. The molecule has 0 aromatic carbocycles. The maximum atomic E-state index is 13.5. The summed E-state index contributed by atoms with van der Waals surface area (Å²) in [5.41, 5.74) is 1.06. The number of nitrogens with zero attached hydrogens (tertiary/aromatic N) is 2. The highest BCUT2D eigenvalue weighted by Gasteiger charge is 2.50. The van der Waals surface area contributed by atoms with E-state index in [2.05, 4.69) is 21.7 Å². The van der Waals surface area contributed by atoms with Crippen LogP contribution in [0.5, 0.6) is 0 Å². The van der Waals surface area contributed by atoms with Crippen LogP contribution in [0.15, 0.2) is 6.07 Å². The topological polar surface area (TPSA) is 144 Å². The van der Waals surface area contributed by atoms with E-state index in [0.717, 1.165) is 19.3 Å². The molecule has 10 nitrogen and oxygen atoms in total. The number of hydrogen-bond donors (Lipinski definition) is 3. The molecule has 3 fully saturated rings. The van der Waals surface area contributed by atoms with Crippen molar-refractivity contribution >= 4 is 23.7 Å². The van der Waals surface area contributed by atoms with Crippen LogP contribution < -0.4 is 10.6 Å². The first-order chi connectivity index (χ1) is 16.3. The minimum atomic E-state index is -0.804. The Labute approximate surface area is 198 Å². The maximum absolute atomic E-state index is 13.5. The summed E-state index contributed by atoms with van der Waals surface area (Å²) in [6, 6.07) is 2.09. The van der Waals surface area contributed by atoms with E-state index < -0.39 is 18.1 Å². The molecule has 3 N–H and O–H groups in total. The van der Waals surface area contributed by atoms with Crippen molar-refractivity contribution < 1.29 is 23.9 Å². The van der Waals surface area contributed by atoms with Crippen LogP contribution in [-0.2, 0) is 14.3 Å². The summed E-state index contributed by atoms with van der Waals surface area (Å²) in [5.74, 6) is -1.36. The van der Waals surface area contributed by atoms with Crippen molar-refractivity contribution in [1.82, 2.24) is 20.5 Å². The van der Waals surface area contributed by atoms with E-state index in [0.29, 0.717) is 30.8 Å². The van der Waals surface area contributed by atoms with Gasteiger partial charge in [0.1, 0.15) is 17.8 Å². The number of aryl methyl sites for hydroxylation is 1. The van der Waals surface area contributed by atoms with E-state index in [4.69, 9.17) is 4.74 Å². The van der Waals surface area contributed by atoms with E-state index in [1.54, 1.807) is 18.7 Å². The Bertz CT molecular complexity index is 1030. The van der Waals surface area contributed by atoms with Crippen molar-refractivity contribution in [2.45, 2.75) is 58.0 Å². The molecule has 1 aromatic rings. The molecule has 34 heavy (non-hydrogen) atoms. The van der Waals surface area contributed by atoms with Gasteiger partial charge in [-0.1, -0.05) is 6.42 Å². The zero-order valence-corrected chi connectivity index (χ0v) is 19.6. The number of esters is 1. The number of H-pyrrole nitrogens is 1. The van der Waals surface area contributed by atoms with Gasteiger partial charge in [0, 0.05) is 24.7 Å². The van der Waals surface area contributed by atoms with E-state index in [-0.39, 0.29) is 54.2 Å². The Hall–Kier alpha value is -3.35. The summed E-state index contributed by atoms with van der Waals surface area (Å²) in [4.78, 5) is 55.5. The first-order valence-electron chi connectivity index (χ1n) is 12.0. The molecule has 0 spiro atoms. The third-order valence-electron chi connectivity index (χ3n) is 7.32. The van der Waals surface area contributed by atoms with Crippen molar-refractivity contribution in [3.8, 4) is 6.07 Å². The molecule has 5 unspecified atom stereocenters. The second kappa shape index (κ2) is 9.87. The smallest absolute Gasteiger partial charge is 0.339 e. The van der Waals surface area contributed by atoms with Gasteiger partial charge >= 0.3 is 5.97 Å². The minimum absolute atomic E-state index is 0.0265. The van der Waals surface area contributed by atoms with E-state index in [1.165, 1.54) is 6.07 Å². The number of nitriles is 1. The third kappa shape index (κ3) is 4.52. The van der Waals surface area contributed by atoms with E-state index in [9.17, 15) is 24.4 Å². The normalized spacial score (nSPS) is 26.5. The minimum Gasteiger partial charge on any atom is -0.462 e. The van der Waals surface area contributed by atoms with Crippen LogP contribution in [0.1, 0.15) is 65.6 Å². The molecule has 5 atom stereocenters. The van der Waals surface area contributed by atoms with Crippen LogP contribution in [0.3, 0.4) is 0 Å². The number of ether oxygens (including phenoxy) is 1. The predicted octanol–water partition coefficient (Wildman–Crippen LogP) is 1.28. The maximum Gasteiger partial charge on any atom is 0.339 e. The lowest BCUT2D eigenvalue weighted by molar-refractivity contribution is -0.127. The zero-order valence-electron chi connectivity index (χ0n) is 19.6. The number of aromatic amines is 1. The lowest BCUT2D eigenvalue weighted by atomic mass is 9.92. The van der Waals surface area contributed by atoms with Crippen molar-refractivity contribution in [3.05, 3.63) is 23.0 Å². The van der Waals surface area contributed by atoms with Gasteiger partial charge in [0.25, 0.3) is 5.91 Å². The summed E-state index contributed by atoms with van der Waals surface area (Å²) < 4.78 is 5.06. The zero-order chi connectivity index (χ0) is 24.4. The highest BCUT2D eigenvalue weighted by atomic mass is 16.5. The Kier molecular flexibility index (Phi) is 6.91. The third-order valence-corrected chi connectivity index (χ3v) is 7.32. The molecule has 0 radical (unpaired) electrons. The fraction of sp³-hybridized carbons (Fsp3) is 0.625. The fourth-order valence-electron chi connectivity index (χ4n) is 5.65. The van der Waals surface area contributed by atoms with Crippen LogP contribution in [-0.4, -0.2) is 65.4 Å². The quantitative estimate of drug-likeness (QED) is 0.513. The van der Waals surface area contributed by atoms with Crippen LogP contribution in [0.4, 0.5) is 0 Å². The number of hydrogen-bond acceptors (Lipinski definition) is 6. The van der Waals surface area contributed by atoms with Gasteiger partial charge in [-0.25, -0.2) is 4.79 Å². The highest BCUT2D eigenvalue weighted by molar-refractivity contribution is 6.00. The standard InChI is InChI=1S/C24H31N5O5/c1-3-34-24(33)18-10-19(27-13(18)2)23(32)29-12-15-5-4-6-17(15)20(29)22(31)28-16(11-25)9-14-7-8-26-21(14)30/h10,14-17,20,27H,3-9,12H2,1-2H3,(H,26,30)(H,28,31). The van der Waals surface area contributed by atoms with Crippen LogP contribution in [0.2, 0.25) is 0 Å². The molecular formula is C24H31N5O5. The summed E-state index contributed by atoms with van der Waals surface area (Å²) in [6.45, 7) is 4.67. The molecule has 1 saturated carbocycles. The van der Waals surface area contributed by atoms with Gasteiger partial charge in [0.15, 0.2) is 0 Å². The van der Waals surface area contributed by atoms with Crippen molar-refractivity contribution in [3.63, 3.8) is 0 Å². The molecular weight excluding hydrogens is 438 g/mol. The Morgan fingerprint density at radius 1 is 1.32 bits per heavy atom. The SMILES string of the molecule is CCOC(=O)c1cc(C(=O)N2CC3CCCC3C2C(=O)NC(C#N)CC2CCNC2=O)[nH]c1C. The van der Waals surface area contributed by atoms with E-state index >= 15 is 0 Å². The van der Waals surface area contributed by atoms with Crippen molar-refractivity contribution in [2.75, 3.05) is 19.7 Å². The molecule has 1 aliphatic carbocycles. The average Bonchev–Trinajstić information content (AvgIpc) is 3.57. The molecule has 3 amide bonds. The summed E-state index contributed by atoms with van der Waals surface area (Å²) in [7, 11) is 0. The summed E-state index contributed by atoms with van der Waals surface area (Å²) in [6.07, 6.45) is 3.68. The van der Waals surface area contributed by atoms with Crippen LogP contribution >= 0.6 is 0 Å². The first-order valence-corrected chi connectivity index (χ1v) is 12.0. The van der Waals surface area contributed by atoms with Gasteiger partial charge in [0.2, 0.25) is 11.8 Å². The van der Waals surface area contributed by atoms with Gasteiger partial charge in [-0.15, -0.1) is 0 Å². The van der Waals surface area contributed by atoms with Gasteiger partial charge in [0.05, 0.1) is 18.2 Å². The van der Waals surface area contributed by atoms with Crippen LogP contribution in [0.25, 0.3) is 0 Å². The Morgan fingerprint density at radius 2 is 2.12 bits per heavy atom. The largest absolute Gasteiger partial charge is 0.462 e. The number of nitrogens with one attached hydrogen (secondary N) is 3. The van der Waals surface area contributed by atoms with Crippen molar-refractivity contribution in [2.24, 2.45) is 17.8 Å². The molecule has 0 bridgehead atoms. The highest BCUT2D eigenvalue weighted by Crippen LogP contribution is 2.43. The lowest BCUT2D eigenvalue weighted by Gasteiger charge is -2.28. The number of likely N-dealkylation sites (tertiary alicyclic amines) is 1. The van der Waals surface area contributed by atoms with Crippen LogP contribution in [0, 0.1) is 36.0 Å². The first kappa shape index (κ1) is 23.8. The molecule has 2 aliphatic heterocycles.